The van der Waals surface area contributed by atoms with E-state index in [9.17, 15) is 63.1 Å². The Bertz CT molecular complexity index is 2490. The molecule has 10 nitrogen and oxygen atoms in total. The predicted molar refractivity (Wildman–Crippen MR) is 225 cm³/mol. The molecule has 2 aliphatic carbocycles. The molecule has 2 heterocycles. The summed E-state index contributed by atoms with van der Waals surface area (Å²) in [5.41, 5.74) is -0.810. The number of piperidine rings is 2. The summed E-state index contributed by atoms with van der Waals surface area (Å²) in [6.07, 6.45) is -9.04. The number of likely N-dealkylation sites (tertiary alicyclic amines) is 2. The molecule has 2 saturated carbocycles. The molecule has 2 saturated heterocycles. The number of halogens is 10. The van der Waals surface area contributed by atoms with Gasteiger partial charge in [-0.2, -0.15) is 26.3 Å². The van der Waals surface area contributed by atoms with Crippen LogP contribution >= 0.6 is 0 Å². The minimum absolute atomic E-state index is 0.0621. The molecule has 4 aromatic carbocycles. The highest BCUT2D eigenvalue weighted by Gasteiger charge is 2.51. The van der Waals surface area contributed by atoms with Crippen LogP contribution in [0.4, 0.5) is 43.9 Å². The van der Waals surface area contributed by atoms with E-state index in [0.29, 0.717) is 42.4 Å². The van der Waals surface area contributed by atoms with Crippen LogP contribution in [0.1, 0.15) is 105 Å². The molecule has 4 fully saturated rings. The van der Waals surface area contributed by atoms with Crippen LogP contribution in [0.15, 0.2) is 97.1 Å². The first-order valence-corrected chi connectivity index (χ1v) is 21.6. The van der Waals surface area contributed by atoms with Gasteiger partial charge in [0.25, 0.3) is 11.8 Å². The first-order chi connectivity index (χ1) is 31.8. The van der Waals surface area contributed by atoms with Crippen LogP contribution in [-0.4, -0.2) is 80.8 Å². The number of alkyl halides is 10. The number of hydrogen-bond acceptors (Lipinski definition) is 6. The SMILES string of the molecule is O=C(O)c1ccc(C2(NC(=O)C3CC(F)(F)CCN3Cc3ccc(C(F)(F)F)cc3)CC2)cc1.O=C(O)c1ccc(C2(NC(=O)C3CC(F)(F)CCN3Cc3cccc(C(F)(F)F)c3)CC2)cc1. The standard InChI is InChI=1S/2C24H23F5N2O3/c25-23(26)11-12-31(14-15-1-5-18(6-2-15)24(27,28)29)19(13-23)20(32)30-22(9-10-22)17-7-3-16(4-8-17)21(33)34;25-23(26)10-11-31(14-15-2-1-3-18(12-15)24(27,28)29)19(13-23)20(32)30-22(8-9-22)17-6-4-16(5-7-17)21(33)34/h1-8,19H,9-14H2,(H,30,32)(H,33,34);1-7,12,19H,8-11,13-14H2,(H,30,32)(H,33,34). The number of carbonyl (C=O) groups is 4. The number of nitrogens with zero attached hydrogens (tertiary/aromatic N) is 2. The van der Waals surface area contributed by atoms with Crippen molar-refractivity contribution in [2.75, 3.05) is 13.1 Å². The van der Waals surface area contributed by atoms with E-state index in [4.69, 9.17) is 10.2 Å². The second-order valence-electron chi connectivity index (χ2n) is 17.9. The molecule has 0 spiro atoms. The maximum atomic E-state index is 14.2. The highest BCUT2D eigenvalue weighted by atomic mass is 19.4. The lowest BCUT2D eigenvalue weighted by Crippen LogP contribution is -2.55. The average molecular weight is 965 g/mol. The van der Waals surface area contributed by atoms with E-state index in [2.05, 4.69) is 10.6 Å². The van der Waals surface area contributed by atoms with Crippen molar-refractivity contribution >= 4 is 23.8 Å². The van der Waals surface area contributed by atoms with Gasteiger partial charge in [0, 0.05) is 51.9 Å². The maximum Gasteiger partial charge on any atom is 0.416 e. The van der Waals surface area contributed by atoms with Crippen molar-refractivity contribution in [1.29, 1.82) is 0 Å². The zero-order chi connectivity index (χ0) is 49.5. The number of hydrogen-bond donors (Lipinski definition) is 4. The number of nitrogens with one attached hydrogen (secondary N) is 2. The van der Waals surface area contributed by atoms with E-state index < -0.39 is 108 Å². The topological polar surface area (TPSA) is 139 Å². The van der Waals surface area contributed by atoms with Gasteiger partial charge in [0.1, 0.15) is 0 Å². The van der Waals surface area contributed by atoms with Gasteiger partial charge in [-0.15, -0.1) is 0 Å². The second kappa shape index (κ2) is 18.8. The molecule has 68 heavy (non-hydrogen) atoms. The van der Waals surface area contributed by atoms with Gasteiger partial charge < -0.3 is 20.8 Å². The Morgan fingerprint density at radius 3 is 1.29 bits per heavy atom. The first kappa shape index (κ1) is 49.9. The Labute approximate surface area is 383 Å². The van der Waals surface area contributed by atoms with Crippen molar-refractivity contribution in [3.05, 3.63) is 142 Å². The van der Waals surface area contributed by atoms with Crippen LogP contribution in [0.2, 0.25) is 0 Å². The van der Waals surface area contributed by atoms with Gasteiger partial charge >= 0.3 is 24.3 Å². The fourth-order valence-electron chi connectivity index (χ4n) is 8.69. The number of carboxylic acid groups (broad SMARTS) is 2. The molecular formula is C48H46F10N4O6. The summed E-state index contributed by atoms with van der Waals surface area (Å²) in [7, 11) is 0. The number of carbonyl (C=O) groups excluding carboxylic acids is 2. The Morgan fingerprint density at radius 1 is 0.529 bits per heavy atom. The van der Waals surface area contributed by atoms with E-state index in [1.54, 1.807) is 29.2 Å². The Morgan fingerprint density at radius 2 is 0.926 bits per heavy atom. The van der Waals surface area contributed by atoms with Crippen molar-refractivity contribution < 1.29 is 73.3 Å². The zero-order valence-electron chi connectivity index (χ0n) is 36.1. The minimum atomic E-state index is -4.53. The van der Waals surface area contributed by atoms with E-state index in [0.717, 1.165) is 24.3 Å². The van der Waals surface area contributed by atoms with Crippen LogP contribution in [0.25, 0.3) is 0 Å². The molecule has 0 aromatic heterocycles. The van der Waals surface area contributed by atoms with E-state index >= 15 is 0 Å². The molecule has 0 radical (unpaired) electrons. The number of aromatic carboxylic acids is 2. The number of rotatable bonds is 12. The molecular weight excluding hydrogens is 919 g/mol. The molecule has 0 bridgehead atoms. The monoisotopic (exact) mass is 964 g/mol. The van der Waals surface area contributed by atoms with E-state index in [-0.39, 0.29) is 42.9 Å². The number of carboxylic acids is 2. The van der Waals surface area contributed by atoms with Crippen molar-refractivity contribution in [3.8, 4) is 0 Å². The third-order valence-corrected chi connectivity index (χ3v) is 12.9. The first-order valence-electron chi connectivity index (χ1n) is 21.6. The molecule has 20 heteroatoms. The van der Waals surface area contributed by atoms with Crippen molar-refractivity contribution in [2.24, 2.45) is 0 Å². The molecule has 364 valence electrons. The van der Waals surface area contributed by atoms with Crippen molar-refractivity contribution in [3.63, 3.8) is 0 Å². The van der Waals surface area contributed by atoms with E-state index in [1.807, 2.05) is 0 Å². The Hall–Kier alpha value is -6.02. The van der Waals surface area contributed by atoms with Gasteiger partial charge in [0.2, 0.25) is 11.8 Å². The fourth-order valence-corrected chi connectivity index (χ4v) is 8.69. The highest BCUT2D eigenvalue weighted by molar-refractivity contribution is 5.88. The fraction of sp³-hybridized carbons (Fsp3) is 0.417. The summed E-state index contributed by atoms with van der Waals surface area (Å²) in [5.74, 6) is -9.46. The normalized spacial score (nSPS) is 21.6. The van der Waals surface area contributed by atoms with Gasteiger partial charge in [0.15, 0.2) is 0 Å². The molecule has 8 rings (SSSR count). The van der Waals surface area contributed by atoms with Crippen LogP contribution < -0.4 is 10.6 Å². The molecule has 4 aliphatic rings. The molecule has 2 atom stereocenters. The smallest absolute Gasteiger partial charge is 0.416 e. The largest absolute Gasteiger partial charge is 0.478 e. The van der Waals surface area contributed by atoms with Crippen LogP contribution in [0, 0.1) is 0 Å². The van der Waals surface area contributed by atoms with Crippen LogP contribution in [0.5, 0.6) is 0 Å². The van der Waals surface area contributed by atoms with Gasteiger partial charge in [-0.1, -0.05) is 54.6 Å². The number of amides is 2. The van der Waals surface area contributed by atoms with Gasteiger partial charge in [0.05, 0.1) is 45.4 Å². The summed E-state index contributed by atoms with van der Waals surface area (Å²) >= 11 is 0. The van der Waals surface area contributed by atoms with Gasteiger partial charge in [-0.05, 0) is 90.4 Å². The maximum absolute atomic E-state index is 14.2. The highest BCUT2D eigenvalue weighted by Crippen LogP contribution is 2.47. The quantitative estimate of drug-likeness (QED) is 0.103. The third-order valence-electron chi connectivity index (χ3n) is 12.9. The molecule has 4 aromatic rings. The van der Waals surface area contributed by atoms with Crippen LogP contribution in [0.3, 0.4) is 0 Å². The predicted octanol–water partition coefficient (Wildman–Crippen LogP) is 9.62. The lowest BCUT2D eigenvalue weighted by Gasteiger charge is -2.39. The Kier molecular flexibility index (Phi) is 13.8. The lowest BCUT2D eigenvalue weighted by atomic mass is 9.95. The summed E-state index contributed by atoms with van der Waals surface area (Å²) in [5, 5.41) is 23.8. The van der Waals surface area contributed by atoms with Crippen molar-refractivity contribution in [2.45, 2.75) is 112 Å². The Balaban J connectivity index is 0.000000201. The molecule has 4 N–H and O–H groups in total. The third kappa shape index (κ3) is 12.0. The number of benzene rings is 4. The van der Waals surface area contributed by atoms with Gasteiger partial charge in [-0.3, -0.25) is 19.4 Å². The van der Waals surface area contributed by atoms with Gasteiger partial charge in [-0.25, -0.2) is 27.2 Å². The zero-order valence-corrected chi connectivity index (χ0v) is 36.1. The summed E-state index contributed by atoms with van der Waals surface area (Å²) in [6, 6.07) is 18.8. The molecule has 2 unspecified atom stereocenters. The average Bonchev–Trinajstić information content (AvgIpc) is 4.22. The van der Waals surface area contributed by atoms with Crippen molar-refractivity contribution in [1.82, 2.24) is 20.4 Å². The lowest BCUT2D eigenvalue weighted by molar-refractivity contribution is -0.139. The molecule has 2 aliphatic heterocycles. The summed E-state index contributed by atoms with van der Waals surface area (Å²) < 4.78 is 135. The minimum Gasteiger partial charge on any atom is -0.478 e. The summed E-state index contributed by atoms with van der Waals surface area (Å²) in [4.78, 5) is 51.5. The second-order valence-corrected chi connectivity index (χ2v) is 17.9. The van der Waals surface area contributed by atoms with Crippen LogP contribution in [-0.2, 0) is 46.1 Å². The van der Waals surface area contributed by atoms with E-state index in [1.165, 1.54) is 53.4 Å². The molecule has 2 amide bonds. The summed E-state index contributed by atoms with van der Waals surface area (Å²) in [6.45, 7) is -0.223.